The van der Waals surface area contributed by atoms with Gasteiger partial charge >= 0.3 is 0 Å². The summed E-state index contributed by atoms with van der Waals surface area (Å²) in [5, 5.41) is 17.5. The van der Waals surface area contributed by atoms with Crippen molar-refractivity contribution in [1.29, 1.82) is 5.41 Å². The number of aromatic nitrogens is 3. The minimum absolute atomic E-state index is 0.0710. The van der Waals surface area contributed by atoms with E-state index in [4.69, 9.17) is 15.1 Å². The van der Waals surface area contributed by atoms with Gasteiger partial charge < -0.3 is 24.5 Å². The van der Waals surface area contributed by atoms with Crippen molar-refractivity contribution in [3.05, 3.63) is 49.9 Å². The summed E-state index contributed by atoms with van der Waals surface area (Å²) in [5.74, 6) is 1.14. The Morgan fingerprint density at radius 1 is 1.21 bits per heavy atom. The molecule has 2 N–H and O–H groups in total. The number of hydrogen-bond donors (Lipinski definition) is 2. The average Bonchev–Trinajstić information content (AvgIpc) is 3.27. The zero-order valence-electron chi connectivity index (χ0n) is 25.1. The number of ether oxygens (including phenoxy) is 1. The van der Waals surface area contributed by atoms with E-state index in [2.05, 4.69) is 9.82 Å². The molecule has 1 aliphatic rings. The molecule has 12 nitrogen and oxygen atoms in total. The molecule has 42 heavy (non-hydrogen) atoms. The van der Waals surface area contributed by atoms with Gasteiger partial charge in [-0.25, -0.2) is 13.5 Å². The number of rotatable bonds is 13. The lowest BCUT2D eigenvalue weighted by Crippen LogP contribution is -2.35. The van der Waals surface area contributed by atoms with Crippen molar-refractivity contribution >= 4 is 28.2 Å². The van der Waals surface area contributed by atoms with Crippen molar-refractivity contribution in [2.75, 3.05) is 26.3 Å². The van der Waals surface area contributed by atoms with Gasteiger partial charge in [-0.2, -0.15) is 0 Å². The molecule has 0 spiro atoms. The number of hydrogen-bond acceptors (Lipinski definition) is 8. The van der Waals surface area contributed by atoms with Crippen LogP contribution in [0.3, 0.4) is 0 Å². The minimum atomic E-state index is -1.45. The van der Waals surface area contributed by atoms with E-state index < -0.39 is 16.1 Å². The fraction of sp³-hybridized carbons (Fsp3) is 0.552. The lowest BCUT2D eigenvalue weighted by atomic mass is 9.95. The highest BCUT2D eigenvalue weighted by molar-refractivity contribution is 7.82. The topological polar surface area (TPSA) is 156 Å². The van der Waals surface area contributed by atoms with Crippen LogP contribution in [0.15, 0.2) is 27.9 Å². The van der Waals surface area contributed by atoms with Gasteiger partial charge in [0.1, 0.15) is 33.6 Å². The highest BCUT2D eigenvalue weighted by atomic mass is 32.2. The maximum atomic E-state index is 13.6. The number of aryl methyl sites for hydroxylation is 2. The first-order valence-corrected chi connectivity index (χ1v) is 15.7. The number of nitrogens with zero attached hydrogens (tertiary/aromatic N) is 4. The number of nitrogens with one attached hydrogen (secondary N) is 2. The fourth-order valence-corrected chi connectivity index (χ4v) is 6.43. The molecule has 13 heteroatoms. The van der Waals surface area contributed by atoms with Gasteiger partial charge in [0.15, 0.2) is 0 Å². The maximum Gasteiger partial charge on any atom is 0.294 e. The summed E-state index contributed by atoms with van der Waals surface area (Å²) in [6, 6.07) is 5.31. The molecule has 3 aromatic rings. The molecule has 4 rings (SSSR count). The quantitative estimate of drug-likeness (QED) is 0.158. The third-order valence-corrected chi connectivity index (χ3v) is 8.72. The molecule has 0 radical (unpaired) electrons. The van der Waals surface area contributed by atoms with Crippen LogP contribution in [0.5, 0.6) is 5.75 Å². The molecule has 0 aliphatic carbocycles. The van der Waals surface area contributed by atoms with Crippen LogP contribution in [0.25, 0.3) is 22.4 Å². The Hall–Kier alpha value is -3.58. The van der Waals surface area contributed by atoms with E-state index in [9.17, 15) is 19.1 Å². The van der Waals surface area contributed by atoms with Crippen LogP contribution < -0.4 is 10.3 Å². The predicted octanol–water partition coefficient (Wildman–Crippen LogP) is 5.03. The third kappa shape index (κ3) is 7.43. The normalized spacial score (nSPS) is 14.7. The molecular formula is C29H42N6O6S. The summed E-state index contributed by atoms with van der Waals surface area (Å²) in [7, 11) is 0.308. The lowest BCUT2D eigenvalue weighted by Gasteiger charge is -2.30. The van der Waals surface area contributed by atoms with Gasteiger partial charge in [0.2, 0.25) is 0 Å². The lowest BCUT2D eigenvalue weighted by molar-refractivity contribution is -0.758. The van der Waals surface area contributed by atoms with Gasteiger partial charge in [-0.05, 0) is 56.2 Å². The molecule has 0 bridgehead atoms. The smallest absolute Gasteiger partial charge is 0.294 e. The Morgan fingerprint density at radius 2 is 1.93 bits per heavy atom. The molecule has 1 fully saturated rings. The van der Waals surface area contributed by atoms with Gasteiger partial charge in [-0.1, -0.05) is 34.1 Å². The van der Waals surface area contributed by atoms with Crippen molar-refractivity contribution in [3.8, 4) is 17.1 Å². The van der Waals surface area contributed by atoms with Crippen molar-refractivity contribution in [2.45, 2.75) is 71.1 Å². The number of aromatic amines is 1. The van der Waals surface area contributed by atoms with Crippen LogP contribution in [0.4, 0.5) is 0 Å². The van der Waals surface area contributed by atoms with Crippen molar-refractivity contribution < 1.29 is 18.9 Å². The highest BCUT2D eigenvalue weighted by Gasteiger charge is 2.26. The molecule has 2 aromatic heterocycles. The zero-order chi connectivity index (χ0) is 30.8. The highest BCUT2D eigenvalue weighted by Crippen LogP contribution is 2.33. The Labute approximate surface area is 248 Å². The van der Waals surface area contributed by atoms with E-state index in [-0.39, 0.29) is 18.1 Å². The van der Waals surface area contributed by atoms with Gasteiger partial charge in [0.05, 0.1) is 29.4 Å². The van der Waals surface area contributed by atoms with Crippen LogP contribution in [-0.2, 0) is 29.3 Å². The van der Waals surface area contributed by atoms with E-state index in [0.29, 0.717) is 71.3 Å². The van der Waals surface area contributed by atoms with Crippen LogP contribution in [-0.4, -0.2) is 60.7 Å². The van der Waals surface area contributed by atoms with Crippen molar-refractivity contribution in [1.82, 2.24) is 18.8 Å². The van der Waals surface area contributed by atoms with Crippen LogP contribution in [0, 0.1) is 21.4 Å². The summed E-state index contributed by atoms with van der Waals surface area (Å²) in [6.45, 7) is 9.77. The second kappa shape index (κ2) is 15.6. The first-order chi connectivity index (χ1) is 20.3. The molecule has 3 heterocycles. The van der Waals surface area contributed by atoms with E-state index in [1.165, 1.54) is 6.21 Å². The van der Waals surface area contributed by atoms with E-state index >= 15 is 0 Å². The van der Waals surface area contributed by atoms with E-state index in [0.717, 1.165) is 31.2 Å². The molecular weight excluding hydrogens is 560 g/mol. The van der Waals surface area contributed by atoms with E-state index in [1.54, 1.807) is 29.8 Å². The zero-order valence-corrected chi connectivity index (χ0v) is 25.9. The maximum absolute atomic E-state index is 13.6. The van der Waals surface area contributed by atoms with Crippen LogP contribution in [0.1, 0.15) is 71.1 Å². The molecule has 1 aliphatic heterocycles. The molecule has 1 aromatic carbocycles. The minimum Gasteiger partial charge on any atom is -0.493 e. The molecule has 230 valence electrons. The van der Waals surface area contributed by atoms with Gasteiger partial charge in [-0.15, -0.1) is 10.1 Å². The number of piperidine rings is 1. The second-order valence-electron chi connectivity index (χ2n) is 9.90. The van der Waals surface area contributed by atoms with Gasteiger partial charge in [-0.3, -0.25) is 4.79 Å². The Morgan fingerprint density at radius 3 is 2.55 bits per heavy atom. The monoisotopic (exact) mass is 602 g/mol. The number of fused-ring (bicyclic) bond motifs is 1. The third-order valence-electron chi connectivity index (χ3n) is 7.22. The Kier molecular flexibility index (Phi) is 12.2. The van der Waals surface area contributed by atoms with E-state index in [1.807, 2.05) is 32.0 Å². The number of H-pyrrole nitrogens is 1. The SMILES string of the molecule is CC.CCCOc1ccc(S(=O)N2CCC(CCO[N+](=O)[O-])CC2)cc1-c1nc2c(CCC)c(C=N)n(C)c2c(=O)[nH]1. The molecule has 1 atom stereocenters. The Bertz CT molecular complexity index is 1460. The van der Waals surface area contributed by atoms with Crippen LogP contribution >= 0.6 is 0 Å². The molecule has 0 amide bonds. The standard InChI is InChI=1S/C27H36N6O6S.C2H6/c1-4-6-20-22(17-28)31(3)25-24(20)29-26(30-27(25)34)21-16-19(7-8-23(21)38-14-5-2)40(37)32-12-9-18(10-13-32)11-15-39-33(35)36;1-2/h7-8,16-18,28H,4-6,9-15H2,1-3H3,(H,29,30,34);1-2H3. The first-order valence-electron chi connectivity index (χ1n) is 14.6. The largest absolute Gasteiger partial charge is 0.493 e. The summed E-state index contributed by atoms with van der Waals surface area (Å²) < 4.78 is 23.2. The second-order valence-corrected chi connectivity index (χ2v) is 11.4. The summed E-state index contributed by atoms with van der Waals surface area (Å²) in [4.78, 5) is 36.4. The summed E-state index contributed by atoms with van der Waals surface area (Å²) in [5.41, 5.74) is 2.70. The van der Waals surface area contributed by atoms with Crippen LogP contribution in [0.2, 0.25) is 0 Å². The summed E-state index contributed by atoms with van der Waals surface area (Å²) >= 11 is 0. The van der Waals surface area contributed by atoms with Crippen molar-refractivity contribution in [2.24, 2.45) is 13.0 Å². The van der Waals surface area contributed by atoms with Gasteiger partial charge in [0, 0.05) is 31.9 Å². The number of benzene rings is 1. The molecule has 1 unspecified atom stereocenters. The molecule has 1 saturated heterocycles. The van der Waals surface area contributed by atoms with Gasteiger partial charge in [0.25, 0.3) is 10.6 Å². The predicted molar refractivity (Wildman–Crippen MR) is 164 cm³/mol. The first kappa shape index (κ1) is 32.9. The average molecular weight is 603 g/mol. The molecule has 0 saturated carbocycles. The Balaban J connectivity index is 0.00000237. The van der Waals surface area contributed by atoms with Crippen molar-refractivity contribution in [3.63, 3.8) is 0 Å². The summed E-state index contributed by atoms with van der Waals surface area (Å²) in [6.07, 6.45) is 5.69. The fourth-order valence-electron chi connectivity index (χ4n) is 5.19.